The molecule has 1 heterocycles. The number of fused-ring (bicyclic) bond motifs is 1. The zero-order valence-corrected chi connectivity index (χ0v) is 19.9. The van der Waals surface area contributed by atoms with Crippen LogP contribution in [0.3, 0.4) is 0 Å². The highest BCUT2D eigenvalue weighted by molar-refractivity contribution is 6.46. The van der Waals surface area contributed by atoms with E-state index in [0.717, 1.165) is 10.8 Å². The Morgan fingerprint density at radius 2 is 1.49 bits per heavy atom. The van der Waals surface area contributed by atoms with Crippen molar-refractivity contribution in [2.45, 2.75) is 12.6 Å². The third-order valence-electron chi connectivity index (χ3n) is 6.55. The molecule has 1 amide bonds. The number of carboxylic acids is 1. The van der Waals surface area contributed by atoms with Crippen molar-refractivity contribution in [3.63, 3.8) is 0 Å². The topological polar surface area (TPSA) is 104 Å². The Hall–Kier alpha value is -4.91. The fourth-order valence-electron chi connectivity index (χ4n) is 4.70. The second kappa shape index (κ2) is 9.62. The number of carbonyl (C=O) groups is 3. The molecule has 2 N–H and O–H groups in total. The van der Waals surface area contributed by atoms with Crippen molar-refractivity contribution in [2.75, 3.05) is 7.11 Å². The largest absolute Gasteiger partial charge is 0.507 e. The van der Waals surface area contributed by atoms with Gasteiger partial charge in [0.05, 0.1) is 24.3 Å². The first-order valence-electron chi connectivity index (χ1n) is 11.6. The number of hydrogen-bond acceptors (Lipinski definition) is 5. The molecule has 0 bridgehead atoms. The molecule has 184 valence electrons. The summed E-state index contributed by atoms with van der Waals surface area (Å²) in [6, 6.07) is 25.2. The molecule has 0 spiro atoms. The number of Topliss-reactive ketones (excluding diaryl/α,β-unsaturated/α-hetero) is 1. The van der Waals surface area contributed by atoms with Crippen molar-refractivity contribution in [1.82, 2.24) is 4.90 Å². The summed E-state index contributed by atoms with van der Waals surface area (Å²) in [7, 11) is 1.50. The van der Waals surface area contributed by atoms with Crippen LogP contribution in [0.1, 0.15) is 33.1 Å². The molecule has 37 heavy (non-hydrogen) atoms. The van der Waals surface area contributed by atoms with Crippen molar-refractivity contribution in [2.24, 2.45) is 0 Å². The monoisotopic (exact) mass is 493 g/mol. The van der Waals surface area contributed by atoms with E-state index in [1.54, 1.807) is 48.5 Å². The predicted octanol–water partition coefficient (Wildman–Crippen LogP) is 5.17. The third-order valence-corrected chi connectivity index (χ3v) is 6.55. The van der Waals surface area contributed by atoms with Gasteiger partial charge in [-0.2, -0.15) is 0 Å². The highest BCUT2D eigenvalue weighted by Crippen LogP contribution is 2.43. The number of ether oxygens (including phenoxy) is 1. The Morgan fingerprint density at radius 1 is 0.838 bits per heavy atom. The third kappa shape index (κ3) is 4.31. The van der Waals surface area contributed by atoms with Crippen molar-refractivity contribution in [3.8, 4) is 5.75 Å². The van der Waals surface area contributed by atoms with Crippen LogP contribution in [-0.2, 0) is 16.1 Å². The number of carbonyl (C=O) groups excluding carboxylic acids is 2. The van der Waals surface area contributed by atoms with Crippen LogP contribution in [0.5, 0.6) is 5.75 Å². The lowest BCUT2D eigenvalue weighted by molar-refractivity contribution is -0.140. The van der Waals surface area contributed by atoms with Crippen LogP contribution in [0.2, 0.25) is 0 Å². The van der Waals surface area contributed by atoms with Crippen LogP contribution in [0.25, 0.3) is 16.5 Å². The van der Waals surface area contributed by atoms with Crippen molar-refractivity contribution in [1.29, 1.82) is 0 Å². The van der Waals surface area contributed by atoms with Crippen molar-refractivity contribution < 1.29 is 29.3 Å². The molecular formula is C30H23NO6. The summed E-state index contributed by atoms with van der Waals surface area (Å²) in [6.07, 6.45) is 0. The Balaban J connectivity index is 1.65. The van der Waals surface area contributed by atoms with E-state index in [1.807, 2.05) is 30.3 Å². The van der Waals surface area contributed by atoms with Gasteiger partial charge in [0.2, 0.25) is 0 Å². The summed E-state index contributed by atoms with van der Waals surface area (Å²) < 4.78 is 5.54. The van der Waals surface area contributed by atoms with E-state index >= 15 is 0 Å². The van der Waals surface area contributed by atoms with E-state index < -0.39 is 23.7 Å². The lowest BCUT2D eigenvalue weighted by Crippen LogP contribution is -2.29. The van der Waals surface area contributed by atoms with Gasteiger partial charge in [0.25, 0.3) is 11.7 Å². The maximum Gasteiger partial charge on any atom is 0.335 e. The number of hydrogen-bond donors (Lipinski definition) is 2. The summed E-state index contributed by atoms with van der Waals surface area (Å²) in [4.78, 5) is 39.3. The lowest BCUT2D eigenvalue weighted by atomic mass is 9.93. The number of aromatic carboxylic acids is 1. The number of ketones is 1. The van der Waals surface area contributed by atoms with Gasteiger partial charge in [-0.1, -0.05) is 66.7 Å². The maximum absolute atomic E-state index is 13.4. The van der Waals surface area contributed by atoms with Gasteiger partial charge in [0.1, 0.15) is 11.5 Å². The van der Waals surface area contributed by atoms with Gasteiger partial charge in [-0.25, -0.2) is 4.79 Å². The van der Waals surface area contributed by atoms with Gasteiger partial charge < -0.3 is 19.8 Å². The first-order chi connectivity index (χ1) is 17.9. The van der Waals surface area contributed by atoms with Gasteiger partial charge >= 0.3 is 5.97 Å². The summed E-state index contributed by atoms with van der Waals surface area (Å²) in [5.74, 6) is -2.44. The fourth-order valence-corrected chi connectivity index (χ4v) is 4.70. The van der Waals surface area contributed by atoms with E-state index in [-0.39, 0.29) is 23.4 Å². The first-order valence-corrected chi connectivity index (χ1v) is 11.6. The average molecular weight is 494 g/mol. The van der Waals surface area contributed by atoms with Gasteiger partial charge in [0, 0.05) is 17.7 Å². The second-order valence-electron chi connectivity index (χ2n) is 8.73. The van der Waals surface area contributed by atoms with Gasteiger partial charge in [-0.3, -0.25) is 9.59 Å². The summed E-state index contributed by atoms with van der Waals surface area (Å²) in [6.45, 7) is 0.0295. The number of methoxy groups -OCH3 is 1. The van der Waals surface area contributed by atoms with Gasteiger partial charge in [0.15, 0.2) is 0 Å². The smallest absolute Gasteiger partial charge is 0.335 e. The predicted molar refractivity (Wildman–Crippen MR) is 138 cm³/mol. The van der Waals surface area contributed by atoms with Crippen LogP contribution in [0.4, 0.5) is 0 Å². The summed E-state index contributed by atoms with van der Waals surface area (Å²) >= 11 is 0. The SMILES string of the molecule is COc1ccccc1C1/C(=C(\O)c2ccc3ccccc3c2)C(=O)C(=O)N1Cc1ccc(C(=O)O)cc1. The van der Waals surface area contributed by atoms with E-state index in [2.05, 4.69) is 0 Å². The molecular weight excluding hydrogens is 470 g/mol. The molecule has 0 aromatic heterocycles. The normalized spacial score (nSPS) is 16.8. The number of aliphatic hydroxyl groups excluding tert-OH is 1. The number of carboxylic acid groups (broad SMARTS) is 1. The van der Waals surface area contributed by atoms with E-state index in [1.165, 1.54) is 24.1 Å². The van der Waals surface area contributed by atoms with Crippen LogP contribution in [-0.4, -0.2) is 39.9 Å². The van der Waals surface area contributed by atoms with Crippen LogP contribution in [0.15, 0.2) is 96.6 Å². The molecule has 4 aromatic carbocycles. The van der Waals surface area contributed by atoms with E-state index in [4.69, 9.17) is 4.74 Å². The number of likely N-dealkylation sites (tertiary alicyclic amines) is 1. The number of nitrogens with zero attached hydrogens (tertiary/aromatic N) is 1. The second-order valence-corrected chi connectivity index (χ2v) is 8.73. The van der Waals surface area contributed by atoms with Crippen molar-refractivity contribution in [3.05, 3.63) is 119 Å². The quantitative estimate of drug-likeness (QED) is 0.218. The molecule has 7 nitrogen and oxygen atoms in total. The molecule has 7 heteroatoms. The maximum atomic E-state index is 13.4. The minimum atomic E-state index is -1.06. The molecule has 4 aromatic rings. The Labute approximate surface area is 212 Å². The zero-order chi connectivity index (χ0) is 26.1. The zero-order valence-electron chi connectivity index (χ0n) is 19.9. The average Bonchev–Trinajstić information content (AvgIpc) is 3.17. The Morgan fingerprint density at radius 3 is 2.19 bits per heavy atom. The highest BCUT2D eigenvalue weighted by atomic mass is 16.5. The molecule has 1 saturated heterocycles. The molecule has 1 aliphatic heterocycles. The molecule has 5 rings (SSSR count). The minimum absolute atomic E-state index is 0.0295. The highest BCUT2D eigenvalue weighted by Gasteiger charge is 2.47. The fraction of sp³-hybridized carbons (Fsp3) is 0.100. The number of benzene rings is 4. The summed E-state index contributed by atoms with van der Waals surface area (Å²) in [5, 5.41) is 22.5. The van der Waals surface area contributed by atoms with Crippen molar-refractivity contribution >= 4 is 34.2 Å². The number of amides is 1. The van der Waals surface area contributed by atoms with Crippen LogP contribution >= 0.6 is 0 Å². The molecule has 1 atom stereocenters. The Kier molecular flexibility index (Phi) is 6.19. The molecule has 0 radical (unpaired) electrons. The van der Waals surface area contributed by atoms with E-state index in [0.29, 0.717) is 22.4 Å². The molecule has 0 aliphatic carbocycles. The number of aliphatic hydroxyl groups is 1. The molecule has 1 fully saturated rings. The van der Waals surface area contributed by atoms with Gasteiger partial charge in [-0.05, 0) is 40.6 Å². The summed E-state index contributed by atoms with van der Waals surface area (Å²) in [5.41, 5.74) is 1.68. The lowest BCUT2D eigenvalue weighted by Gasteiger charge is -2.26. The molecule has 1 aliphatic rings. The minimum Gasteiger partial charge on any atom is -0.507 e. The van der Waals surface area contributed by atoms with Gasteiger partial charge in [-0.15, -0.1) is 0 Å². The Bertz CT molecular complexity index is 1570. The standard InChI is InChI=1S/C30H23NO6/c1-37-24-9-5-4-8-23(24)26-25(27(32)22-15-14-19-6-2-3-7-21(19)16-22)28(33)29(34)31(26)17-18-10-12-20(13-11-18)30(35)36/h2-16,26,32H,17H2,1H3,(H,35,36)/b27-25+. The van der Waals surface area contributed by atoms with Crippen LogP contribution < -0.4 is 4.74 Å². The van der Waals surface area contributed by atoms with Crippen LogP contribution in [0, 0.1) is 0 Å². The number of rotatable bonds is 6. The number of para-hydroxylation sites is 1. The molecule has 1 unspecified atom stereocenters. The first kappa shape index (κ1) is 23.8. The van der Waals surface area contributed by atoms with E-state index in [9.17, 15) is 24.6 Å². The molecule has 0 saturated carbocycles.